The van der Waals surface area contributed by atoms with E-state index in [4.69, 9.17) is 5.73 Å². The highest BCUT2D eigenvalue weighted by molar-refractivity contribution is 7.15. The predicted molar refractivity (Wildman–Crippen MR) is 87.2 cm³/mol. The molecular weight excluding hydrogens is 290 g/mol. The summed E-state index contributed by atoms with van der Waals surface area (Å²) in [4.78, 5) is 7.96. The maximum Gasteiger partial charge on any atom is 0.180 e. The van der Waals surface area contributed by atoms with E-state index in [1.165, 1.54) is 22.4 Å². The normalized spacial score (nSPS) is 18.4. The van der Waals surface area contributed by atoms with Gasteiger partial charge in [-0.2, -0.15) is 0 Å². The lowest BCUT2D eigenvalue weighted by Gasteiger charge is -2.36. The highest BCUT2D eigenvalue weighted by atomic mass is 35.5. The van der Waals surface area contributed by atoms with Gasteiger partial charge < -0.3 is 5.73 Å². The number of rotatable bonds is 3. The van der Waals surface area contributed by atoms with E-state index in [-0.39, 0.29) is 12.4 Å². The van der Waals surface area contributed by atoms with E-state index in [2.05, 4.69) is 41.1 Å². The lowest BCUT2D eigenvalue weighted by atomic mass is 9.92. The molecule has 0 saturated carbocycles. The number of hydrogen-bond donors (Lipinski definition) is 1. The third-order valence-corrected chi connectivity index (χ3v) is 4.68. The highest BCUT2D eigenvalue weighted by Gasteiger charge is 2.24. The van der Waals surface area contributed by atoms with E-state index in [0.29, 0.717) is 11.2 Å². The monoisotopic (exact) mass is 309 g/mol. The van der Waals surface area contributed by atoms with Crippen LogP contribution in [-0.4, -0.2) is 15.9 Å². The molecule has 0 radical (unpaired) electrons. The molecular formula is C15H20ClN3S. The van der Waals surface area contributed by atoms with Crippen molar-refractivity contribution in [3.05, 3.63) is 46.5 Å². The second-order valence-corrected chi connectivity index (χ2v) is 6.25. The van der Waals surface area contributed by atoms with Crippen LogP contribution in [0.4, 0.5) is 5.13 Å². The molecule has 2 aromatic rings. The van der Waals surface area contributed by atoms with Gasteiger partial charge in [0.2, 0.25) is 0 Å². The Morgan fingerprint density at radius 1 is 1.35 bits per heavy atom. The van der Waals surface area contributed by atoms with Crippen molar-refractivity contribution in [3.8, 4) is 0 Å². The fourth-order valence-corrected chi connectivity index (χ4v) is 3.53. The van der Waals surface area contributed by atoms with Crippen molar-refractivity contribution in [2.45, 2.75) is 38.9 Å². The van der Waals surface area contributed by atoms with Crippen LogP contribution in [0.25, 0.3) is 0 Å². The third kappa shape index (κ3) is 3.14. The van der Waals surface area contributed by atoms with E-state index in [9.17, 15) is 0 Å². The van der Waals surface area contributed by atoms with Gasteiger partial charge in [0.15, 0.2) is 5.13 Å². The Kier molecular flexibility index (Phi) is 5.02. The van der Waals surface area contributed by atoms with Crippen molar-refractivity contribution < 1.29 is 0 Å². The van der Waals surface area contributed by atoms with Crippen LogP contribution < -0.4 is 5.73 Å². The third-order valence-electron chi connectivity index (χ3n) is 3.87. The zero-order valence-corrected chi connectivity index (χ0v) is 13.2. The molecule has 0 aliphatic carbocycles. The quantitative estimate of drug-likeness (QED) is 0.944. The molecule has 5 heteroatoms. The number of thiazole rings is 1. The number of nitrogens with two attached hydrogens (primary N) is 1. The number of benzene rings is 1. The average molecular weight is 310 g/mol. The molecule has 0 bridgehead atoms. The van der Waals surface area contributed by atoms with Gasteiger partial charge in [0.1, 0.15) is 0 Å². The van der Waals surface area contributed by atoms with Crippen molar-refractivity contribution in [2.24, 2.45) is 0 Å². The summed E-state index contributed by atoms with van der Waals surface area (Å²) >= 11 is 1.60. The maximum atomic E-state index is 5.72. The van der Waals surface area contributed by atoms with E-state index < -0.39 is 0 Å². The molecule has 3 rings (SSSR count). The fraction of sp³-hybridized carbons (Fsp3) is 0.400. The lowest BCUT2D eigenvalue weighted by molar-refractivity contribution is 0.159. The van der Waals surface area contributed by atoms with Crippen molar-refractivity contribution >= 4 is 28.9 Å². The van der Waals surface area contributed by atoms with Crippen LogP contribution in [0.15, 0.2) is 30.5 Å². The first-order chi connectivity index (χ1) is 9.26. The van der Waals surface area contributed by atoms with E-state index in [0.717, 1.165) is 19.5 Å². The molecule has 0 spiro atoms. The first-order valence-corrected chi connectivity index (χ1v) is 7.59. The van der Waals surface area contributed by atoms with Gasteiger partial charge >= 0.3 is 0 Å². The van der Waals surface area contributed by atoms with Gasteiger partial charge in [-0.05, 0) is 24.0 Å². The highest BCUT2D eigenvalue weighted by Crippen LogP contribution is 2.27. The number of hydrogen-bond acceptors (Lipinski definition) is 4. The first kappa shape index (κ1) is 15.3. The van der Waals surface area contributed by atoms with E-state index in [1.807, 2.05) is 6.20 Å². The summed E-state index contributed by atoms with van der Waals surface area (Å²) in [6, 6.07) is 9.41. The van der Waals surface area contributed by atoms with Crippen LogP contribution in [0, 0.1) is 0 Å². The van der Waals surface area contributed by atoms with Gasteiger partial charge in [-0.1, -0.05) is 31.2 Å². The zero-order valence-electron chi connectivity index (χ0n) is 11.6. The number of aromatic nitrogens is 1. The summed E-state index contributed by atoms with van der Waals surface area (Å²) in [6.45, 7) is 4.26. The molecule has 0 saturated heterocycles. The fourth-order valence-electron chi connectivity index (χ4n) is 2.83. The standard InChI is InChI=1S/C15H19N3S.ClH/c1-2-13-7-11-5-3-4-6-12(11)9-18(13)10-14-8-17-15(16)19-14;/h3-6,8,13H,2,7,9-10H2,1H3,(H2,16,17);1H. The second-order valence-electron chi connectivity index (χ2n) is 5.10. The molecule has 1 atom stereocenters. The number of nitrogen functional groups attached to an aromatic ring is 1. The number of halogens is 1. The van der Waals surface area contributed by atoms with Crippen LogP contribution in [-0.2, 0) is 19.5 Å². The van der Waals surface area contributed by atoms with Gasteiger partial charge in [-0.15, -0.1) is 23.7 Å². The van der Waals surface area contributed by atoms with E-state index >= 15 is 0 Å². The van der Waals surface area contributed by atoms with Crippen molar-refractivity contribution in [3.63, 3.8) is 0 Å². The summed E-state index contributed by atoms with van der Waals surface area (Å²) < 4.78 is 0. The Morgan fingerprint density at radius 3 is 2.75 bits per heavy atom. The van der Waals surface area contributed by atoms with Gasteiger partial charge in [0, 0.05) is 30.2 Å². The molecule has 0 fully saturated rings. The maximum absolute atomic E-state index is 5.72. The Morgan fingerprint density at radius 2 is 2.10 bits per heavy atom. The molecule has 20 heavy (non-hydrogen) atoms. The van der Waals surface area contributed by atoms with Crippen LogP contribution in [0.2, 0.25) is 0 Å². The van der Waals surface area contributed by atoms with Gasteiger partial charge in [-0.3, -0.25) is 4.90 Å². The Labute approximate surface area is 130 Å². The molecule has 1 aromatic carbocycles. The summed E-state index contributed by atoms with van der Waals surface area (Å²) in [5.41, 5.74) is 8.69. The molecule has 2 heterocycles. The smallest absolute Gasteiger partial charge is 0.180 e. The molecule has 1 aromatic heterocycles. The second kappa shape index (κ2) is 6.57. The molecule has 3 nitrogen and oxygen atoms in total. The van der Waals surface area contributed by atoms with Crippen LogP contribution >= 0.6 is 23.7 Å². The summed E-state index contributed by atoms with van der Waals surface area (Å²) in [7, 11) is 0. The van der Waals surface area contributed by atoms with Gasteiger partial charge in [0.05, 0.1) is 0 Å². The number of nitrogens with zero attached hydrogens (tertiary/aromatic N) is 2. The van der Waals surface area contributed by atoms with E-state index in [1.54, 1.807) is 11.3 Å². The van der Waals surface area contributed by atoms with Gasteiger partial charge in [0.25, 0.3) is 0 Å². The zero-order chi connectivity index (χ0) is 13.2. The Bertz CT molecular complexity index is 570. The minimum absolute atomic E-state index is 0. The van der Waals surface area contributed by atoms with Crippen LogP contribution in [0.5, 0.6) is 0 Å². The van der Waals surface area contributed by atoms with Crippen LogP contribution in [0.3, 0.4) is 0 Å². The molecule has 1 aliphatic rings. The van der Waals surface area contributed by atoms with Crippen molar-refractivity contribution in [2.75, 3.05) is 5.73 Å². The first-order valence-electron chi connectivity index (χ1n) is 6.77. The number of fused-ring (bicyclic) bond motifs is 1. The molecule has 0 amide bonds. The SMILES string of the molecule is CCC1Cc2ccccc2CN1Cc1cnc(N)s1.Cl. The topological polar surface area (TPSA) is 42.2 Å². The minimum atomic E-state index is 0. The summed E-state index contributed by atoms with van der Waals surface area (Å²) in [5.74, 6) is 0. The Hall–Kier alpha value is -1.10. The molecule has 1 unspecified atom stereocenters. The van der Waals surface area contributed by atoms with Gasteiger partial charge in [-0.25, -0.2) is 4.98 Å². The summed E-state index contributed by atoms with van der Waals surface area (Å²) in [6.07, 6.45) is 4.25. The minimum Gasteiger partial charge on any atom is -0.375 e. The predicted octanol–water partition coefficient (Wildman–Crippen LogP) is 3.48. The average Bonchev–Trinajstić information content (AvgIpc) is 2.83. The number of anilines is 1. The largest absolute Gasteiger partial charge is 0.375 e. The molecule has 108 valence electrons. The van der Waals surface area contributed by atoms with Crippen molar-refractivity contribution in [1.29, 1.82) is 0 Å². The molecule has 2 N–H and O–H groups in total. The molecule has 1 aliphatic heterocycles. The van der Waals surface area contributed by atoms with Crippen LogP contribution in [0.1, 0.15) is 29.3 Å². The Balaban J connectivity index is 0.00000147. The summed E-state index contributed by atoms with van der Waals surface area (Å²) in [5, 5.41) is 0.667. The van der Waals surface area contributed by atoms with Crippen molar-refractivity contribution in [1.82, 2.24) is 9.88 Å². The lowest BCUT2D eigenvalue weighted by Crippen LogP contribution is -2.39.